The zero-order valence-electron chi connectivity index (χ0n) is 6.41. The molecule has 0 radical (unpaired) electrons. The lowest BCUT2D eigenvalue weighted by molar-refractivity contribution is -0.0789. The fourth-order valence-electron chi connectivity index (χ4n) is 0.671. The average molecular weight is 198 g/mol. The predicted molar refractivity (Wildman–Crippen MR) is 45.0 cm³/mol. The van der Waals surface area contributed by atoms with Gasteiger partial charge in [-0.05, 0) is 0 Å². The van der Waals surface area contributed by atoms with Crippen LogP contribution in [-0.2, 0) is 0 Å². The summed E-state index contributed by atoms with van der Waals surface area (Å²) in [7, 11) is 0. The number of thiol groups is 1. The third kappa shape index (κ3) is 3.26. The van der Waals surface area contributed by atoms with E-state index in [1.54, 1.807) is 0 Å². The smallest absolute Gasteiger partial charge is 0.109 e. The number of hydrogen-bond acceptors (Lipinski definition) is 6. The highest BCUT2D eigenvalue weighted by molar-refractivity contribution is 7.81. The molecule has 6 heteroatoms. The molecule has 0 heterocycles. The van der Waals surface area contributed by atoms with Crippen LogP contribution in [0.5, 0.6) is 0 Å². The Morgan fingerprint density at radius 2 is 1.42 bits per heavy atom. The number of rotatable bonds is 5. The molecule has 0 aromatic heterocycles. The maximum Gasteiger partial charge on any atom is 0.109 e. The largest absolute Gasteiger partial charge is 0.395 e. The van der Waals surface area contributed by atoms with Gasteiger partial charge in [0.15, 0.2) is 0 Å². The van der Waals surface area contributed by atoms with Crippen molar-refractivity contribution in [2.75, 3.05) is 13.2 Å². The van der Waals surface area contributed by atoms with Crippen molar-refractivity contribution in [3.63, 3.8) is 0 Å². The second kappa shape index (κ2) is 5.74. The number of aliphatic hydroxyl groups is 5. The van der Waals surface area contributed by atoms with E-state index >= 15 is 0 Å². The SMILES string of the molecule is OC[C@@H](O)[C@H](O)[C@@H](O)[C@H](S)CO. The molecule has 0 aliphatic carbocycles. The molecule has 0 fully saturated rings. The van der Waals surface area contributed by atoms with Gasteiger partial charge in [-0.2, -0.15) is 12.6 Å². The molecule has 0 unspecified atom stereocenters. The number of hydrogen-bond donors (Lipinski definition) is 6. The summed E-state index contributed by atoms with van der Waals surface area (Å²) in [4.78, 5) is 0. The van der Waals surface area contributed by atoms with Gasteiger partial charge in [-0.15, -0.1) is 0 Å². The van der Waals surface area contributed by atoms with Crippen molar-refractivity contribution >= 4 is 12.6 Å². The Bertz CT molecular complexity index is 109. The van der Waals surface area contributed by atoms with Crippen LogP contribution in [0.1, 0.15) is 0 Å². The molecule has 0 amide bonds. The molecule has 4 atom stereocenters. The fourth-order valence-corrected chi connectivity index (χ4v) is 0.848. The molecule has 12 heavy (non-hydrogen) atoms. The molecule has 0 aliphatic rings. The summed E-state index contributed by atoms with van der Waals surface area (Å²) in [5.74, 6) is 0. The van der Waals surface area contributed by atoms with Crippen LogP contribution < -0.4 is 0 Å². The first kappa shape index (κ1) is 12.2. The molecule has 0 aliphatic heterocycles. The Hall–Kier alpha value is 0.150. The third-order valence-electron chi connectivity index (χ3n) is 1.51. The van der Waals surface area contributed by atoms with Crippen molar-refractivity contribution in [3.8, 4) is 0 Å². The summed E-state index contributed by atoms with van der Waals surface area (Å²) < 4.78 is 0. The molecule has 74 valence electrons. The molecule has 0 rings (SSSR count). The lowest BCUT2D eigenvalue weighted by Crippen LogP contribution is -2.45. The van der Waals surface area contributed by atoms with Crippen LogP contribution in [0.25, 0.3) is 0 Å². The molecule has 5 N–H and O–H groups in total. The van der Waals surface area contributed by atoms with Crippen LogP contribution in [0.4, 0.5) is 0 Å². The Balaban J connectivity index is 3.99. The van der Waals surface area contributed by atoms with E-state index < -0.39 is 36.8 Å². The van der Waals surface area contributed by atoms with E-state index in [4.69, 9.17) is 25.5 Å². The van der Waals surface area contributed by atoms with Crippen LogP contribution >= 0.6 is 12.6 Å². The van der Waals surface area contributed by atoms with Gasteiger partial charge in [0.05, 0.1) is 24.6 Å². The van der Waals surface area contributed by atoms with Crippen molar-refractivity contribution in [2.24, 2.45) is 0 Å². The highest BCUT2D eigenvalue weighted by atomic mass is 32.1. The first-order chi connectivity index (χ1) is 5.54. The molecule has 0 saturated carbocycles. The van der Waals surface area contributed by atoms with Crippen molar-refractivity contribution in [1.82, 2.24) is 0 Å². The van der Waals surface area contributed by atoms with Gasteiger partial charge in [-0.1, -0.05) is 0 Å². The Morgan fingerprint density at radius 1 is 0.917 bits per heavy atom. The van der Waals surface area contributed by atoms with E-state index in [0.29, 0.717) is 0 Å². The highest BCUT2D eigenvalue weighted by Gasteiger charge is 2.28. The average Bonchev–Trinajstić information content (AvgIpc) is 2.12. The predicted octanol–water partition coefficient (Wildman–Crippen LogP) is -2.65. The molecular formula is C6H14O5S. The summed E-state index contributed by atoms with van der Waals surface area (Å²) >= 11 is 3.74. The van der Waals surface area contributed by atoms with Crippen LogP contribution in [0.15, 0.2) is 0 Å². The van der Waals surface area contributed by atoms with Crippen LogP contribution in [-0.4, -0.2) is 62.3 Å². The molecule has 0 aromatic rings. The summed E-state index contributed by atoms with van der Waals surface area (Å²) in [5, 5.41) is 43.1. The second-order valence-electron chi connectivity index (χ2n) is 2.48. The van der Waals surface area contributed by atoms with Gasteiger partial charge in [0, 0.05) is 0 Å². The zero-order chi connectivity index (χ0) is 9.72. The quantitative estimate of drug-likeness (QED) is 0.271. The monoisotopic (exact) mass is 198 g/mol. The highest BCUT2D eigenvalue weighted by Crippen LogP contribution is 2.08. The zero-order valence-corrected chi connectivity index (χ0v) is 7.30. The second-order valence-corrected chi connectivity index (χ2v) is 3.14. The minimum Gasteiger partial charge on any atom is -0.395 e. The molecular weight excluding hydrogens is 184 g/mol. The standard InChI is InChI=1S/C6H14O5S/c7-1-3(9)5(10)6(11)4(12)2-8/h3-12H,1-2H2/t3-,4-,5+,6+/m1/s1. The summed E-state index contributed by atoms with van der Waals surface area (Å²) in [5.41, 5.74) is 0. The van der Waals surface area contributed by atoms with Gasteiger partial charge < -0.3 is 25.5 Å². The van der Waals surface area contributed by atoms with Crippen LogP contribution in [0.3, 0.4) is 0 Å². The molecule has 0 spiro atoms. The van der Waals surface area contributed by atoms with Gasteiger partial charge in [-0.3, -0.25) is 0 Å². The summed E-state index contributed by atoms with van der Waals surface area (Å²) in [6.45, 7) is -1.07. The Kier molecular flexibility index (Phi) is 5.81. The first-order valence-corrected chi connectivity index (χ1v) is 4.00. The Labute approximate surface area is 75.7 Å². The normalized spacial score (nSPS) is 21.5. The van der Waals surface area contributed by atoms with E-state index in [1.165, 1.54) is 0 Å². The van der Waals surface area contributed by atoms with Crippen LogP contribution in [0.2, 0.25) is 0 Å². The van der Waals surface area contributed by atoms with Gasteiger partial charge in [0.2, 0.25) is 0 Å². The summed E-state index contributed by atoms with van der Waals surface area (Å²) in [6.07, 6.45) is -4.27. The van der Waals surface area contributed by atoms with E-state index in [2.05, 4.69) is 12.6 Å². The third-order valence-corrected chi connectivity index (χ3v) is 1.98. The van der Waals surface area contributed by atoms with Gasteiger partial charge >= 0.3 is 0 Å². The molecule has 0 aromatic carbocycles. The van der Waals surface area contributed by atoms with E-state index in [1.807, 2.05) is 0 Å². The fraction of sp³-hybridized carbons (Fsp3) is 1.00. The number of aliphatic hydroxyl groups excluding tert-OH is 5. The van der Waals surface area contributed by atoms with Crippen molar-refractivity contribution < 1.29 is 25.5 Å². The van der Waals surface area contributed by atoms with Gasteiger partial charge in [0.1, 0.15) is 12.2 Å². The van der Waals surface area contributed by atoms with Crippen molar-refractivity contribution in [3.05, 3.63) is 0 Å². The minimum absolute atomic E-state index is 0.417. The van der Waals surface area contributed by atoms with Gasteiger partial charge in [-0.25, -0.2) is 0 Å². The Morgan fingerprint density at radius 3 is 1.75 bits per heavy atom. The minimum atomic E-state index is -1.50. The molecule has 5 nitrogen and oxygen atoms in total. The first-order valence-electron chi connectivity index (χ1n) is 3.48. The maximum atomic E-state index is 9.13. The maximum absolute atomic E-state index is 9.13. The summed E-state index contributed by atoms with van der Waals surface area (Å²) in [6, 6.07) is 0. The van der Waals surface area contributed by atoms with Crippen molar-refractivity contribution in [2.45, 2.75) is 23.6 Å². The van der Waals surface area contributed by atoms with Crippen LogP contribution in [0, 0.1) is 0 Å². The molecule has 0 saturated heterocycles. The van der Waals surface area contributed by atoms with E-state index in [9.17, 15) is 0 Å². The molecule has 0 bridgehead atoms. The van der Waals surface area contributed by atoms with E-state index in [0.717, 1.165) is 0 Å². The van der Waals surface area contributed by atoms with Crippen molar-refractivity contribution in [1.29, 1.82) is 0 Å². The lowest BCUT2D eigenvalue weighted by Gasteiger charge is -2.24. The van der Waals surface area contributed by atoms with E-state index in [-0.39, 0.29) is 0 Å². The lowest BCUT2D eigenvalue weighted by atomic mass is 10.1. The topological polar surface area (TPSA) is 101 Å². The van der Waals surface area contributed by atoms with Gasteiger partial charge in [0.25, 0.3) is 0 Å².